The Morgan fingerprint density at radius 3 is 2.65 bits per heavy atom. The Morgan fingerprint density at radius 1 is 1.24 bits per heavy atom. The second-order valence-electron chi connectivity index (χ2n) is 3.98. The molecule has 1 aromatic heterocycles. The number of aryl methyl sites for hydroxylation is 2. The molecule has 0 atom stereocenters. The highest BCUT2D eigenvalue weighted by Gasteiger charge is 2.06. The van der Waals surface area contributed by atoms with Crippen molar-refractivity contribution < 1.29 is 4.39 Å². The SMILES string of the molecule is Cc1cc(Nc2c(C)cccc2F)ncc1N. The zero-order valence-electron chi connectivity index (χ0n) is 9.79. The summed E-state index contributed by atoms with van der Waals surface area (Å²) in [6.07, 6.45) is 1.56. The van der Waals surface area contributed by atoms with E-state index in [-0.39, 0.29) is 5.82 Å². The van der Waals surface area contributed by atoms with Crippen molar-refractivity contribution in [2.45, 2.75) is 13.8 Å². The van der Waals surface area contributed by atoms with Gasteiger partial charge in [-0.05, 0) is 37.1 Å². The third kappa shape index (κ3) is 2.36. The van der Waals surface area contributed by atoms with Crippen molar-refractivity contribution in [1.82, 2.24) is 4.98 Å². The Hall–Kier alpha value is -2.10. The van der Waals surface area contributed by atoms with E-state index in [1.807, 2.05) is 19.9 Å². The van der Waals surface area contributed by atoms with Gasteiger partial charge in [-0.1, -0.05) is 12.1 Å². The minimum Gasteiger partial charge on any atom is -0.397 e. The van der Waals surface area contributed by atoms with E-state index < -0.39 is 0 Å². The fourth-order valence-corrected chi connectivity index (χ4v) is 1.55. The van der Waals surface area contributed by atoms with Crippen LogP contribution in [0.15, 0.2) is 30.5 Å². The van der Waals surface area contributed by atoms with Gasteiger partial charge in [0, 0.05) is 0 Å². The molecule has 88 valence electrons. The van der Waals surface area contributed by atoms with Crippen LogP contribution in [0.4, 0.5) is 21.6 Å². The molecular weight excluding hydrogens is 217 g/mol. The largest absolute Gasteiger partial charge is 0.397 e. The summed E-state index contributed by atoms with van der Waals surface area (Å²) in [5.74, 6) is 0.297. The fraction of sp³-hybridized carbons (Fsp3) is 0.154. The first kappa shape index (κ1) is 11.4. The number of nitrogens with two attached hydrogens (primary N) is 1. The maximum absolute atomic E-state index is 13.6. The van der Waals surface area contributed by atoms with Crippen LogP contribution in [0.3, 0.4) is 0 Å². The summed E-state index contributed by atoms with van der Waals surface area (Å²) in [5.41, 5.74) is 8.50. The molecule has 2 aromatic rings. The van der Waals surface area contributed by atoms with Crippen molar-refractivity contribution in [2.24, 2.45) is 0 Å². The first-order chi connectivity index (χ1) is 8.08. The number of pyridine rings is 1. The molecule has 17 heavy (non-hydrogen) atoms. The maximum atomic E-state index is 13.6. The molecule has 1 heterocycles. The average Bonchev–Trinajstić information content (AvgIpc) is 2.28. The summed E-state index contributed by atoms with van der Waals surface area (Å²) in [6, 6.07) is 6.73. The standard InChI is InChI=1S/C13H14FN3/c1-8-4-3-5-10(14)13(8)17-12-6-9(2)11(15)7-16-12/h3-7H,15H2,1-2H3,(H,16,17). The summed E-state index contributed by atoms with van der Waals surface area (Å²) < 4.78 is 13.6. The Balaban J connectivity index is 2.35. The number of hydrogen-bond donors (Lipinski definition) is 2. The lowest BCUT2D eigenvalue weighted by Crippen LogP contribution is -2.00. The molecule has 0 bridgehead atoms. The summed E-state index contributed by atoms with van der Waals surface area (Å²) in [7, 11) is 0. The van der Waals surface area contributed by atoms with Gasteiger partial charge < -0.3 is 11.1 Å². The van der Waals surface area contributed by atoms with Crippen LogP contribution in [0.2, 0.25) is 0 Å². The van der Waals surface area contributed by atoms with Gasteiger partial charge in [-0.3, -0.25) is 0 Å². The Labute approximate surface area is 99.5 Å². The molecule has 4 heteroatoms. The van der Waals surface area contributed by atoms with E-state index in [0.717, 1.165) is 11.1 Å². The maximum Gasteiger partial charge on any atom is 0.146 e. The number of para-hydroxylation sites is 1. The molecule has 0 amide bonds. The molecule has 0 fully saturated rings. The molecule has 0 aliphatic rings. The summed E-state index contributed by atoms with van der Waals surface area (Å²) in [4.78, 5) is 4.11. The first-order valence-electron chi connectivity index (χ1n) is 5.32. The van der Waals surface area contributed by atoms with Gasteiger partial charge >= 0.3 is 0 Å². The van der Waals surface area contributed by atoms with Crippen molar-refractivity contribution in [3.05, 3.63) is 47.4 Å². The third-order valence-corrected chi connectivity index (χ3v) is 2.63. The van der Waals surface area contributed by atoms with E-state index in [0.29, 0.717) is 17.2 Å². The molecule has 0 aliphatic heterocycles. The second kappa shape index (κ2) is 4.41. The molecule has 0 spiro atoms. The molecule has 3 nitrogen and oxygen atoms in total. The number of halogens is 1. The zero-order chi connectivity index (χ0) is 12.4. The molecular formula is C13H14FN3. The van der Waals surface area contributed by atoms with Crippen LogP contribution < -0.4 is 11.1 Å². The Bertz CT molecular complexity index is 532. The Kier molecular flexibility index (Phi) is 2.95. The lowest BCUT2D eigenvalue weighted by atomic mass is 10.2. The van der Waals surface area contributed by atoms with Gasteiger partial charge in [0.1, 0.15) is 11.6 Å². The van der Waals surface area contributed by atoms with Gasteiger partial charge in [0.2, 0.25) is 0 Å². The predicted molar refractivity (Wildman–Crippen MR) is 67.8 cm³/mol. The topological polar surface area (TPSA) is 50.9 Å². The zero-order valence-corrected chi connectivity index (χ0v) is 9.79. The van der Waals surface area contributed by atoms with Gasteiger partial charge in [0.05, 0.1) is 17.6 Å². The first-order valence-corrected chi connectivity index (χ1v) is 5.32. The number of nitrogens with one attached hydrogen (secondary N) is 1. The molecule has 1 aromatic carbocycles. The number of rotatable bonds is 2. The van der Waals surface area contributed by atoms with Crippen LogP contribution in [0.1, 0.15) is 11.1 Å². The van der Waals surface area contributed by atoms with Gasteiger partial charge in [-0.2, -0.15) is 0 Å². The van der Waals surface area contributed by atoms with E-state index in [9.17, 15) is 4.39 Å². The van der Waals surface area contributed by atoms with Gasteiger partial charge in [0.25, 0.3) is 0 Å². The van der Waals surface area contributed by atoms with Crippen molar-refractivity contribution in [2.75, 3.05) is 11.1 Å². The number of anilines is 3. The minimum absolute atomic E-state index is 0.290. The number of benzene rings is 1. The van der Waals surface area contributed by atoms with E-state index in [4.69, 9.17) is 5.73 Å². The number of aromatic nitrogens is 1. The van der Waals surface area contributed by atoms with Crippen LogP contribution in [0.5, 0.6) is 0 Å². The van der Waals surface area contributed by atoms with Crippen molar-refractivity contribution in [1.29, 1.82) is 0 Å². The van der Waals surface area contributed by atoms with Gasteiger partial charge in [-0.15, -0.1) is 0 Å². The fourth-order valence-electron chi connectivity index (χ4n) is 1.55. The average molecular weight is 231 g/mol. The predicted octanol–water partition coefficient (Wildman–Crippen LogP) is 3.16. The van der Waals surface area contributed by atoms with E-state index >= 15 is 0 Å². The third-order valence-electron chi connectivity index (χ3n) is 2.63. The molecule has 0 radical (unpaired) electrons. The lowest BCUT2D eigenvalue weighted by molar-refractivity contribution is 0.631. The van der Waals surface area contributed by atoms with Gasteiger partial charge in [-0.25, -0.2) is 9.37 Å². The second-order valence-corrected chi connectivity index (χ2v) is 3.98. The van der Waals surface area contributed by atoms with Crippen LogP contribution in [0, 0.1) is 19.7 Å². The summed E-state index contributed by atoms with van der Waals surface area (Å²) in [5, 5.41) is 2.97. The lowest BCUT2D eigenvalue weighted by Gasteiger charge is -2.10. The Morgan fingerprint density at radius 2 is 2.00 bits per heavy atom. The number of nitrogens with zero attached hydrogens (tertiary/aromatic N) is 1. The monoisotopic (exact) mass is 231 g/mol. The summed E-state index contributed by atoms with van der Waals surface area (Å²) >= 11 is 0. The smallest absolute Gasteiger partial charge is 0.146 e. The normalized spacial score (nSPS) is 10.3. The van der Waals surface area contributed by atoms with Crippen LogP contribution in [-0.4, -0.2) is 4.98 Å². The molecule has 0 unspecified atom stereocenters. The molecule has 0 saturated heterocycles. The highest BCUT2D eigenvalue weighted by atomic mass is 19.1. The van der Waals surface area contributed by atoms with Crippen molar-refractivity contribution in [3.63, 3.8) is 0 Å². The number of hydrogen-bond acceptors (Lipinski definition) is 3. The molecule has 3 N–H and O–H groups in total. The van der Waals surface area contributed by atoms with E-state index in [2.05, 4.69) is 10.3 Å². The van der Waals surface area contributed by atoms with Gasteiger partial charge in [0.15, 0.2) is 0 Å². The van der Waals surface area contributed by atoms with Crippen LogP contribution in [0.25, 0.3) is 0 Å². The molecule has 0 aliphatic carbocycles. The van der Waals surface area contributed by atoms with E-state index in [1.54, 1.807) is 18.3 Å². The van der Waals surface area contributed by atoms with E-state index in [1.165, 1.54) is 6.07 Å². The minimum atomic E-state index is -0.290. The number of nitrogen functional groups attached to an aromatic ring is 1. The summed E-state index contributed by atoms with van der Waals surface area (Å²) in [6.45, 7) is 3.73. The highest BCUT2D eigenvalue weighted by Crippen LogP contribution is 2.23. The molecule has 2 rings (SSSR count). The van der Waals surface area contributed by atoms with Crippen molar-refractivity contribution >= 4 is 17.2 Å². The quantitative estimate of drug-likeness (QED) is 0.834. The van der Waals surface area contributed by atoms with Crippen molar-refractivity contribution in [3.8, 4) is 0 Å². The molecule has 0 saturated carbocycles. The highest BCUT2D eigenvalue weighted by molar-refractivity contribution is 5.63. The van der Waals surface area contributed by atoms with Crippen LogP contribution >= 0.6 is 0 Å². The van der Waals surface area contributed by atoms with Crippen LogP contribution in [-0.2, 0) is 0 Å².